The van der Waals surface area contributed by atoms with Gasteiger partial charge in [0.2, 0.25) is 0 Å². The zero-order valence-electron chi connectivity index (χ0n) is 13.7. The molecule has 0 fully saturated rings. The second-order valence-electron chi connectivity index (χ2n) is 5.21. The van der Waals surface area contributed by atoms with Crippen molar-refractivity contribution < 1.29 is 9.53 Å². The van der Waals surface area contributed by atoms with Crippen molar-refractivity contribution in [3.05, 3.63) is 71.4 Å². The standard InChI is InChI=1S/C19H19N3O2/c1-14-4-3-5-17(10-14)21-13-16(11-20)19(23)22-12-15-6-8-18(24-2)9-7-15/h3-10,13,21H,12H2,1-2H3,(H,22,23)/b16-13-. The summed E-state index contributed by atoms with van der Waals surface area (Å²) in [5, 5.41) is 14.9. The van der Waals surface area contributed by atoms with Crippen LogP contribution in [0.2, 0.25) is 0 Å². The Morgan fingerprint density at radius 1 is 1.25 bits per heavy atom. The quantitative estimate of drug-likeness (QED) is 0.633. The SMILES string of the molecule is COc1ccc(CNC(=O)/C(C#N)=C\Nc2cccc(C)c2)cc1. The van der Waals surface area contributed by atoms with E-state index < -0.39 is 5.91 Å². The van der Waals surface area contributed by atoms with Crippen molar-refractivity contribution in [3.8, 4) is 11.8 Å². The van der Waals surface area contributed by atoms with Crippen LogP contribution in [0.25, 0.3) is 0 Å². The van der Waals surface area contributed by atoms with Crippen LogP contribution in [0.3, 0.4) is 0 Å². The Bertz CT molecular complexity index is 774. The lowest BCUT2D eigenvalue weighted by atomic mass is 10.2. The minimum absolute atomic E-state index is 0.0185. The molecule has 2 N–H and O–H groups in total. The van der Waals surface area contributed by atoms with Crippen molar-refractivity contribution in [2.75, 3.05) is 12.4 Å². The molecule has 0 saturated heterocycles. The number of nitrogens with zero attached hydrogens (tertiary/aromatic N) is 1. The van der Waals surface area contributed by atoms with E-state index >= 15 is 0 Å². The van der Waals surface area contributed by atoms with Crippen molar-refractivity contribution in [2.45, 2.75) is 13.5 Å². The van der Waals surface area contributed by atoms with E-state index in [0.717, 1.165) is 22.6 Å². The maximum atomic E-state index is 12.1. The number of hydrogen-bond donors (Lipinski definition) is 2. The lowest BCUT2D eigenvalue weighted by Crippen LogP contribution is -2.24. The highest BCUT2D eigenvalue weighted by atomic mass is 16.5. The number of hydrogen-bond acceptors (Lipinski definition) is 4. The molecule has 5 heteroatoms. The third-order valence-electron chi connectivity index (χ3n) is 3.38. The van der Waals surface area contributed by atoms with Gasteiger partial charge in [-0.25, -0.2) is 0 Å². The molecule has 1 amide bonds. The van der Waals surface area contributed by atoms with Gasteiger partial charge in [-0.2, -0.15) is 5.26 Å². The molecule has 24 heavy (non-hydrogen) atoms. The minimum Gasteiger partial charge on any atom is -0.497 e. The number of ether oxygens (including phenoxy) is 1. The first-order valence-corrected chi connectivity index (χ1v) is 7.47. The molecular formula is C19H19N3O2. The van der Waals surface area contributed by atoms with E-state index in [9.17, 15) is 4.79 Å². The van der Waals surface area contributed by atoms with Crippen molar-refractivity contribution in [1.29, 1.82) is 5.26 Å². The highest BCUT2D eigenvalue weighted by Gasteiger charge is 2.08. The van der Waals surface area contributed by atoms with Crippen LogP contribution in [0.5, 0.6) is 5.75 Å². The van der Waals surface area contributed by atoms with Crippen LogP contribution in [-0.2, 0) is 11.3 Å². The number of methoxy groups -OCH3 is 1. The normalized spacial score (nSPS) is 10.6. The summed E-state index contributed by atoms with van der Waals surface area (Å²) in [6.45, 7) is 2.31. The Morgan fingerprint density at radius 3 is 2.62 bits per heavy atom. The van der Waals surface area contributed by atoms with Gasteiger partial charge in [0.1, 0.15) is 17.4 Å². The number of anilines is 1. The summed E-state index contributed by atoms with van der Waals surface area (Å²) < 4.78 is 5.08. The minimum atomic E-state index is -0.423. The van der Waals surface area contributed by atoms with E-state index in [-0.39, 0.29) is 5.57 Å². The Hall–Kier alpha value is -3.26. The molecule has 5 nitrogen and oxygen atoms in total. The zero-order valence-corrected chi connectivity index (χ0v) is 13.7. The molecule has 2 rings (SSSR count). The summed E-state index contributed by atoms with van der Waals surface area (Å²) in [6.07, 6.45) is 1.41. The number of nitrogens with one attached hydrogen (secondary N) is 2. The summed E-state index contributed by atoms with van der Waals surface area (Å²) in [7, 11) is 1.60. The highest BCUT2D eigenvalue weighted by Crippen LogP contribution is 2.12. The Kier molecular flexibility index (Phi) is 5.98. The maximum absolute atomic E-state index is 12.1. The van der Waals surface area contributed by atoms with Crippen LogP contribution in [0.4, 0.5) is 5.69 Å². The number of nitriles is 1. The molecule has 0 aromatic heterocycles. The van der Waals surface area contributed by atoms with E-state index in [1.807, 2.05) is 61.5 Å². The number of rotatable bonds is 6. The van der Waals surface area contributed by atoms with Crippen molar-refractivity contribution in [1.82, 2.24) is 5.32 Å². The molecule has 0 aliphatic heterocycles. The van der Waals surface area contributed by atoms with Crippen LogP contribution in [0, 0.1) is 18.3 Å². The van der Waals surface area contributed by atoms with E-state index in [1.165, 1.54) is 6.20 Å². The van der Waals surface area contributed by atoms with Crippen LogP contribution in [-0.4, -0.2) is 13.0 Å². The fourth-order valence-corrected chi connectivity index (χ4v) is 2.06. The van der Waals surface area contributed by atoms with Crippen molar-refractivity contribution >= 4 is 11.6 Å². The van der Waals surface area contributed by atoms with Gasteiger partial charge in [0.15, 0.2) is 0 Å². The summed E-state index contributed by atoms with van der Waals surface area (Å²) >= 11 is 0. The first-order chi connectivity index (χ1) is 11.6. The second kappa shape index (κ2) is 8.39. The first-order valence-electron chi connectivity index (χ1n) is 7.47. The van der Waals surface area contributed by atoms with E-state index in [2.05, 4.69) is 10.6 Å². The third-order valence-corrected chi connectivity index (χ3v) is 3.38. The lowest BCUT2D eigenvalue weighted by Gasteiger charge is -2.06. The fraction of sp³-hybridized carbons (Fsp3) is 0.158. The Labute approximate surface area is 141 Å². The number of amides is 1. The van der Waals surface area contributed by atoms with Gasteiger partial charge in [-0.05, 0) is 42.3 Å². The van der Waals surface area contributed by atoms with Gasteiger partial charge < -0.3 is 15.4 Å². The molecule has 2 aromatic carbocycles. The number of carbonyl (C=O) groups excluding carboxylic acids is 1. The molecule has 2 aromatic rings. The fourth-order valence-electron chi connectivity index (χ4n) is 2.06. The van der Waals surface area contributed by atoms with Gasteiger partial charge in [0.05, 0.1) is 7.11 Å². The summed E-state index contributed by atoms with van der Waals surface area (Å²) in [6, 6.07) is 17.0. The molecule has 0 saturated carbocycles. The maximum Gasteiger partial charge on any atom is 0.263 e. The lowest BCUT2D eigenvalue weighted by molar-refractivity contribution is -0.117. The van der Waals surface area contributed by atoms with Crippen LogP contribution in [0.1, 0.15) is 11.1 Å². The van der Waals surface area contributed by atoms with E-state index in [0.29, 0.717) is 6.54 Å². The van der Waals surface area contributed by atoms with Gasteiger partial charge in [0, 0.05) is 18.4 Å². The van der Waals surface area contributed by atoms with Crippen LogP contribution in [0.15, 0.2) is 60.3 Å². The molecule has 0 spiro atoms. The van der Waals surface area contributed by atoms with Crippen molar-refractivity contribution in [3.63, 3.8) is 0 Å². The molecule has 0 atom stereocenters. The average Bonchev–Trinajstić information content (AvgIpc) is 2.61. The Balaban J connectivity index is 1.95. The van der Waals surface area contributed by atoms with Crippen molar-refractivity contribution in [2.24, 2.45) is 0 Å². The number of aryl methyl sites for hydroxylation is 1. The largest absolute Gasteiger partial charge is 0.497 e. The molecule has 0 aliphatic carbocycles. The number of carbonyl (C=O) groups is 1. The highest BCUT2D eigenvalue weighted by molar-refractivity contribution is 5.97. The molecule has 0 unspecified atom stereocenters. The molecule has 122 valence electrons. The molecule has 0 heterocycles. The Morgan fingerprint density at radius 2 is 2.00 bits per heavy atom. The van der Waals surface area contributed by atoms with Gasteiger partial charge in [-0.3, -0.25) is 4.79 Å². The van der Waals surface area contributed by atoms with Crippen LogP contribution >= 0.6 is 0 Å². The summed E-state index contributed by atoms with van der Waals surface area (Å²) in [5.74, 6) is 0.332. The molecule has 0 radical (unpaired) electrons. The average molecular weight is 321 g/mol. The van der Waals surface area contributed by atoms with E-state index in [4.69, 9.17) is 10.00 Å². The van der Waals surface area contributed by atoms with Gasteiger partial charge in [-0.15, -0.1) is 0 Å². The van der Waals surface area contributed by atoms with Gasteiger partial charge in [-0.1, -0.05) is 24.3 Å². The smallest absolute Gasteiger partial charge is 0.263 e. The van der Waals surface area contributed by atoms with Gasteiger partial charge >= 0.3 is 0 Å². The molecule has 0 aliphatic rings. The zero-order chi connectivity index (χ0) is 17.4. The predicted molar refractivity (Wildman–Crippen MR) is 93.3 cm³/mol. The first kappa shape index (κ1) is 17.1. The summed E-state index contributed by atoms with van der Waals surface area (Å²) in [4.78, 5) is 12.1. The molecule has 0 bridgehead atoms. The third kappa shape index (κ3) is 4.89. The summed E-state index contributed by atoms with van der Waals surface area (Å²) in [5.41, 5.74) is 2.86. The van der Waals surface area contributed by atoms with Gasteiger partial charge in [0.25, 0.3) is 5.91 Å². The van der Waals surface area contributed by atoms with E-state index in [1.54, 1.807) is 7.11 Å². The second-order valence-corrected chi connectivity index (χ2v) is 5.21. The monoisotopic (exact) mass is 321 g/mol. The number of benzene rings is 2. The predicted octanol–water partition coefficient (Wildman–Crippen LogP) is 3.14. The van der Waals surface area contributed by atoms with Crippen LogP contribution < -0.4 is 15.4 Å². The topological polar surface area (TPSA) is 74.1 Å². The molecular weight excluding hydrogens is 302 g/mol.